The van der Waals surface area contributed by atoms with Crippen molar-refractivity contribution in [2.75, 3.05) is 7.11 Å². The van der Waals surface area contributed by atoms with Crippen molar-refractivity contribution in [3.8, 4) is 17.2 Å². The molecular formula is C14H10FNO5. The number of rotatable bonds is 5. The SMILES string of the molecule is COc1ccc(Oc2c(F)cccc2C=O)c([N+](=O)[O-])c1. The van der Waals surface area contributed by atoms with Crippen molar-refractivity contribution < 1.29 is 23.6 Å². The predicted molar refractivity (Wildman–Crippen MR) is 71.5 cm³/mol. The lowest BCUT2D eigenvalue weighted by molar-refractivity contribution is -0.385. The van der Waals surface area contributed by atoms with E-state index in [4.69, 9.17) is 9.47 Å². The van der Waals surface area contributed by atoms with Crippen molar-refractivity contribution >= 4 is 12.0 Å². The lowest BCUT2D eigenvalue weighted by Crippen LogP contribution is -1.98. The second kappa shape index (κ2) is 6.00. The molecule has 7 heteroatoms. The number of benzene rings is 2. The Balaban J connectivity index is 2.49. The fourth-order valence-corrected chi connectivity index (χ4v) is 1.69. The van der Waals surface area contributed by atoms with Gasteiger partial charge in [-0.15, -0.1) is 0 Å². The molecule has 21 heavy (non-hydrogen) atoms. The molecule has 2 rings (SSSR count). The topological polar surface area (TPSA) is 78.7 Å². The van der Waals surface area contributed by atoms with Crippen LogP contribution < -0.4 is 9.47 Å². The van der Waals surface area contributed by atoms with E-state index in [0.29, 0.717) is 6.29 Å². The number of nitro benzene ring substituents is 1. The van der Waals surface area contributed by atoms with Gasteiger partial charge in [-0.05, 0) is 24.3 Å². The summed E-state index contributed by atoms with van der Waals surface area (Å²) in [4.78, 5) is 21.2. The Morgan fingerprint density at radius 1 is 1.29 bits per heavy atom. The molecule has 108 valence electrons. The molecule has 0 aliphatic rings. The van der Waals surface area contributed by atoms with Crippen LogP contribution in [0.1, 0.15) is 10.4 Å². The molecule has 0 unspecified atom stereocenters. The van der Waals surface area contributed by atoms with Gasteiger partial charge in [-0.3, -0.25) is 14.9 Å². The van der Waals surface area contributed by atoms with Gasteiger partial charge in [-0.2, -0.15) is 0 Å². The Morgan fingerprint density at radius 3 is 2.67 bits per heavy atom. The first kappa shape index (κ1) is 14.4. The van der Waals surface area contributed by atoms with Crippen LogP contribution in [0.3, 0.4) is 0 Å². The predicted octanol–water partition coefficient (Wildman–Crippen LogP) is 3.35. The largest absolute Gasteiger partial charge is 0.496 e. The van der Waals surface area contributed by atoms with Crippen molar-refractivity contribution in [2.24, 2.45) is 0 Å². The molecule has 2 aromatic rings. The second-order valence-electron chi connectivity index (χ2n) is 3.97. The summed E-state index contributed by atoms with van der Waals surface area (Å²) in [5.41, 5.74) is -0.436. The first-order chi connectivity index (χ1) is 10.1. The molecule has 0 saturated heterocycles. The molecule has 0 fully saturated rings. The standard InChI is InChI=1S/C14H10FNO5/c1-20-10-5-6-13(12(7-10)16(18)19)21-14-9(8-17)3-2-4-11(14)15/h2-8H,1H3. The summed E-state index contributed by atoms with van der Waals surface area (Å²) in [6, 6.07) is 7.64. The first-order valence-corrected chi connectivity index (χ1v) is 5.80. The van der Waals surface area contributed by atoms with Crippen LogP contribution in [0, 0.1) is 15.9 Å². The Bertz CT molecular complexity index is 702. The summed E-state index contributed by atoms with van der Waals surface area (Å²) < 4.78 is 23.8. The van der Waals surface area contributed by atoms with Crippen molar-refractivity contribution in [1.29, 1.82) is 0 Å². The molecule has 0 spiro atoms. The quantitative estimate of drug-likeness (QED) is 0.479. The molecule has 0 aromatic heterocycles. The van der Waals surface area contributed by atoms with E-state index in [0.717, 1.165) is 12.1 Å². The minimum Gasteiger partial charge on any atom is -0.496 e. The number of carbonyl (C=O) groups excluding carboxylic acids is 1. The maximum atomic E-state index is 13.7. The lowest BCUT2D eigenvalue weighted by atomic mass is 10.2. The number of nitrogens with zero attached hydrogens (tertiary/aromatic N) is 1. The minimum atomic E-state index is -0.787. The van der Waals surface area contributed by atoms with Gasteiger partial charge in [0.25, 0.3) is 0 Å². The maximum absolute atomic E-state index is 13.7. The highest BCUT2D eigenvalue weighted by atomic mass is 19.1. The number of para-hydroxylation sites is 1. The van der Waals surface area contributed by atoms with Crippen LogP contribution in [0.15, 0.2) is 36.4 Å². The lowest BCUT2D eigenvalue weighted by Gasteiger charge is -2.10. The van der Waals surface area contributed by atoms with Crippen molar-refractivity contribution in [3.63, 3.8) is 0 Å². The summed E-state index contributed by atoms with van der Waals surface area (Å²) in [7, 11) is 1.36. The van der Waals surface area contributed by atoms with Crippen LogP contribution in [0.2, 0.25) is 0 Å². The summed E-state index contributed by atoms with van der Waals surface area (Å²) >= 11 is 0. The number of methoxy groups -OCH3 is 1. The number of halogens is 1. The van der Waals surface area contributed by atoms with E-state index >= 15 is 0 Å². The van der Waals surface area contributed by atoms with Crippen LogP contribution in [0.25, 0.3) is 0 Å². The third-order valence-electron chi connectivity index (χ3n) is 2.70. The van der Waals surface area contributed by atoms with Gasteiger partial charge in [0.1, 0.15) is 5.75 Å². The van der Waals surface area contributed by atoms with Gasteiger partial charge >= 0.3 is 5.69 Å². The molecule has 0 heterocycles. The number of hydrogen-bond donors (Lipinski definition) is 0. The highest BCUT2D eigenvalue weighted by Crippen LogP contribution is 2.36. The van der Waals surface area contributed by atoms with Crippen LogP contribution in [-0.4, -0.2) is 18.3 Å². The fourth-order valence-electron chi connectivity index (χ4n) is 1.69. The zero-order chi connectivity index (χ0) is 15.4. The minimum absolute atomic E-state index is 0.0416. The molecule has 6 nitrogen and oxygen atoms in total. The van der Waals surface area contributed by atoms with Crippen LogP contribution in [0.4, 0.5) is 10.1 Å². The Hall–Kier alpha value is -2.96. The molecule has 0 bridgehead atoms. The Kier molecular flexibility index (Phi) is 4.13. The molecule has 0 N–H and O–H groups in total. The van der Waals surface area contributed by atoms with Gasteiger partial charge in [0.15, 0.2) is 17.9 Å². The summed E-state index contributed by atoms with van der Waals surface area (Å²) in [6.45, 7) is 0. The van der Waals surface area contributed by atoms with Crippen LogP contribution in [0.5, 0.6) is 17.2 Å². The van der Waals surface area contributed by atoms with E-state index in [9.17, 15) is 19.3 Å². The van der Waals surface area contributed by atoms with E-state index in [1.807, 2.05) is 0 Å². The van der Waals surface area contributed by atoms with E-state index in [2.05, 4.69) is 0 Å². The third-order valence-corrected chi connectivity index (χ3v) is 2.70. The molecule has 0 saturated carbocycles. The van der Waals surface area contributed by atoms with Crippen LogP contribution >= 0.6 is 0 Å². The van der Waals surface area contributed by atoms with Crippen molar-refractivity contribution in [1.82, 2.24) is 0 Å². The molecular weight excluding hydrogens is 281 g/mol. The van der Waals surface area contributed by atoms with Gasteiger partial charge in [0, 0.05) is 0 Å². The number of ether oxygens (including phenoxy) is 2. The second-order valence-corrected chi connectivity index (χ2v) is 3.97. The molecule has 2 aromatic carbocycles. The van der Waals surface area contributed by atoms with Crippen molar-refractivity contribution in [2.45, 2.75) is 0 Å². The van der Waals surface area contributed by atoms with Gasteiger partial charge in [-0.25, -0.2) is 4.39 Å². The van der Waals surface area contributed by atoms with Gasteiger partial charge in [0.2, 0.25) is 5.75 Å². The monoisotopic (exact) mass is 291 g/mol. The number of carbonyl (C=O) groups is 1. The highest BCUT2D eigenvalue weighted by Gasteiger charge is 2.20. The Labute approximate surface area is 118 Å². The summed E-state index contributed by atoms with van der Waals surface area (Å²) in [5.74, 6) is -1.07. The molecule has 0 atom stereocenters. The average molecular weight is 291 g/mol. The molecule has 0 aliphatic carbocycles. The average Bonchev–Trinajstić information content (AvgIpc) is 2.49. The van der Waals surface area contributed by atoms with Crippen LogP contribution in [-0.2, 0) is 0 Å². The van der Waals surface area contributed by atoms with E-state index in [-0.39, 0.29) is 22.8 Å². The van der Waals surface area contributed by atoms with Gasteiger partial charge in [0.05, 0.1) is 23.7 Å². The molecule has 0 aliphatic heterocycles. The summed E-state index contributed by atoms with van der Waals surface area (Å²) in [6.07, 6.45) is 0.410. The van der Waals surface area contributed by atoms with E-state index in [1.54, 1.807) is 0 Å². The van der Waals surface area contributed by atoms with Gasteiger partial charge < -0.3 is 9.47 Å². The molecule has 0 radical (unpaired) electrons. The fraction of sp³-hybridized carbons (Fsp3) is 0.0714. The third kappa shape index (κ3) is 2.97. The molecule has 0 amide bonds. The highest BCUT2D eigenvalue weighted by molar-refractivity contribution is 5.79. The van der Waals surface area contributed by atoms with E-state index in [1.165, 1.54) is 31.4 Å². The zero-order valence-electron chi connectivity index (χ0n) is 10.9. The van der Waals surface area contributed by atoms with Gasteiger partial charge in [-0.1, -0.05) is 6.07 Å². The van der Waals surface area contributed by atoms with Crippen molar-refractivity contribution in [3.05, 3.63) is 57.9 Å². The number of nitro groups is 1. The zero-order valence-corrected chi connectivity index (χ0v) is 10.9. The smallest absolute Gasteiger partial charge is 0.315 e. The number of hydrogen-bond acceptors (Lipinski definition) is 5. The number of aldehydes is 1. The van der Waals surface area contributed by atoms with E-state index < -0.39 is 16.4 Å². The Morgan fingerprint density at radius 2 is 2.05 bits per heavy atom. The summed E-state index contributed by atoms with van der Waals surface area (Å²) in [5, 5.41) is 11.0. The normalized spacial score (nSPS) is 10.0. The first-order valence-electron chi connectivity index (χ1n) is 5.80. The maximum Gasteiger partial charge on any atom is 0.315 e.